The Morgan fingerprint density at radius 2 is 1.76 bits per heavy atom. The number of aryl methyl sites for hydroxylation is 2. The van der Waals surface area contributed by atoms with E-state index in [-0.39, 0.29) is 0 Å². The zero-order valence-electron chi connectivity index (χ0n) is 14.7. The monoisotopic (exact) mass is 333 g/mol. The van der Waals surface area contributed by atoms with Gasteiger partial charge in [-0.05, 0) is 36.6 Å². The third-order valence-corrected chi connectivity index (χ3v) is 4.94. The highest BCUT2D eigenvalue weighted by molar-refractivity contribution is 5.82. The van der Waals surface area contributed by atoms with Crippen molar-refractivity contribution in [3.63, 3.8) is 0 Å². The summed E-state index contributed by atoms with van der Waals surface area (Å²) in [5.74, 6) is 0.904. The lowest BCUT2D eigenvalue weighted by Crippen LogP contribution is -2.36. The number of H-pyrrole nitrogens is 1. The van der Waals surface area contributed by atoms with E-state index in [4.69, 9.17) is 4.74 Å². The van der Waals surface area contributed by atoms with Crippen LogP contribution in [-0.4, -0.2) is 36.3 Å². The molecule has 0 bridgehead atoms. The first-order chi connectivity index (χ1) is 12.2. The van der Waals surface area contributed by atoms with Crippen LogP contribution >= 0.6 is 0 Å². The van der Waals surface area contributed by atoms with Gasteiger partial charge in [-0.2, -0.15) is 0 Å². The van der Waals surface area contributed by atoms with Gasteiger partial charge in [0.2, 0.25) is 0 Å². The van der Waals surface area contributed by atoms with Crippen LogP contribution in [0.15, 0.2) is 48.8 Å². The molecule has 1 aromatic heterocycles. The number of anilines is 1. The Morgan fingerprint density at radius 3 is 2.48 bits per heavy atom. The van der Waals surface area contributed by atoms with Gasteiger partial charge in [-0.3, -0.25) is 0 Å². The maximum Gasteiger partial charge on any atom is 0.137 e. The maximum absolute atomic E-state index is 5.54. The van der Waals surface area contributed by atoms with E-state index in [2.05, 4.69) is 65.1 Å². The topological polar surface area (TPSA) is 41.2 Å². The summed E-state index contributed by atoms with van der Waals surface area (Å²) in [6.45, 7) is 7.71. The van der Waals surface area contributed by atoms with Crippen molar-refractivity contribution >= 4 is 5.69 Å². The predicted octanol–water partition coefficient (Wildman–Crippen LogP) is 4.20. The molecule has 0 atom stereocenters. The van der Waals surface area contributed by atoms with Gasteiger partial charge in [0.15, 0.2) is 0 Å². The van der Waals surface area contributed by atoms with Gasteiger partial charge in [-0.15, -0.1) is 0 Å². The van der Waals surface area contributed by atoms with Gasteiger partial charge >= 0.3 is 0 Å². The summed E-state index contributed by atoms with van der Waals surface area (Å²) in [4.78, 5) is 10.0. The zero-order chi connectivity index (χ0) is 17.2. The number of nitrogens with zero attached hydrogens (tertiary/aromatic N) is 2. The lowest BCUT2D eigenvalue weighted by atomic mass is 9.97. The fraction of sp³-hybridized carbons (Fsp3) is 0.286. The number of nitrogens with one attached hydrogen (secondary N) is 1. The van der Waals surface area contributed by atoms with E-state index in [1.165, 1.54) is 27.9 Å². The first-order valence-corrected chi connectivity index (χ1v) is 8.76. The lowest BCUT2D eigenvalue weighted by molar-refractivity contribution is 0.123. The molecule has 3 aromatic rings. The summed E-state index contributed by atoms with van der Waals surface area (Å²) in [7, 11) is 0. The zero-order valence-corrected chi connectivity index (χ0v) is 14.7. The molecule has 4 rings (SSSR count). The van der Waals surface area contributed by atoms with Crippen LogP contribution in [0.4, 0.5) is 5.69 Å². The number of benzene rings is 2. The summed E-state index contributed by atoms with van der Waals surface area (Å²) in [5.41, 5.74) is 7.53. The maximum atomic E-state index is 5.54. The number of aromatic nitrogens is 2. The minimum absolute atomic E-state index is 0.775. The van der Waals surface area contributed by atoms with Gasteiger partial charge in [0.25, 0.3) is 0 Å². The molecule has 4 nitrogen and oxygen atoms in total. The van der Waals surface area contributed by atoms with Gasteiger partial charge in [-0.25, -0.2) is 4.98 Å². The molecular formula is C21H23N3O. The Balaban J connectivity index is 1.83. The van der Waals surface area contributed by atoms with Crippen LogP contribution in [0.5, 0.6) is 0 Å². The predicted molar refractivity (Wildman–Crippen MR) is 102 cm³/mol. The molecule has 2 aromatic carbocycles. The Morgan fingerprint density at radius 1 is 0.960 bits per heavy atom. The molecule has 0 saturated carbocycles. The van der Waals surface area contributed by atoms with Crippen molar-refractivity contribution in [2.24, 2.45) is 0 Å². The van der Waals surface area contributed by atoms with Crippen LogP contribution < -0.4 is 4.90 Å². The first kappa shape index (κ1) is 15.9. The Bertz CT molecular complexity index is 865. The number of hydrogen-bond donors (Lipinski definition) is 1. The number of aromatic amines is 1. The molecule has 1 fully saturated rings. The number of hydrogen-bond acceptors (Lipinski definition) is 3. The molecule has 4 heteroatoms. The highest BCUT2D eigenvalue weighted by Gasteiger charge is 2.17. The smallest absolute Gasteiger partial charge is 0.137 e. The van der Waals surface area contributed by atoms with Crippen molar-refractivity contribution in [1.82, 2.24) is 9.97 Å². The summed E-state index contributed by atoms with van der Waals surface area (Å²) in [6, 6.07) is 13.3. The van der Waals surface area contributed by atoms with Crippen LogP contribution in [0.3, 0.4) is 0 Å². The van der Waals surface area contributed by atoms with Crippen molar-refractivity contribution in [2.45, 2.75) is 13.8 Å². The molecule has 25 heavy (non-hydrogen) atoms. The van der Waals surface area contributed by atoms with Gasteiger partial charge in [0.1, 0.15) is 5.82 Å². The second-order valence-electron chi connectivity index (χ2n) is 6.57. The molecule has 0 radical (unpaired) electrons. The lowest BCUT2D eigenvalue weighted by Gasteiger charge is -2.31. The average Bonchev–Trinajstić information content (AvgIpc) is 3.19. The Kier molecular flexibility index (Phi) is 4.28. The number of imidazole rings is 1. The van der Waals surface area contributed by atoms with E-state index in [1.807, 2.05) is 6.20 Å². The van der Waals surface area contributed by atoms with Crippen molar-refractivity contribution in [2.75, 3.05) is 31.2 Å². The quantitative estimate of drug-likeness (QED) is 0.781. The van der Waals surface area contributed by atoms with Gasteiger partial charge in [-0.1, -0.05) is 30.3 Å². The van der Waals surface area contributed by atoms with Crippen molar-refractivity contribution < 1.29 is 4.74 Å². The van der Waals surface area contributed by atoms with Crippen LogP contribution in [-0.2, 0) is 4.74 Å². The molecule has 1 aliphatic rings. The molecule has 0 unspecified atom stereocenters. The highest BCUT2D eigenvalue weighted by Crippen LogP contribution is 2.35. The van der Waals surface area contributed by atoms with Crippen molar-refractivity contribution in [3.8, 4) is 22.5 Å². The van der Waals surface area contributed by atoms with Gasteiger partial charge < -0.3 is 14.6 Å². The fourth-order valence-corrected chi connectivity index (χ4v) is 3.32. The van der Waals surface area contributed by atoms with E-state index < -0.39 is 0 Å². The van der Waals surface area contributed by atoms with E-state index in [9.17, 15) is 0 Å². The standard InChI is InChI=1S/C21H23N3O/c1-15-3-4-17(13-16(15)2)19-6-5-18(21-22-7-8-23-21)14-20(19)24-9-11-25-12-10-24/h3-8,13-14H,9-12H2,1-2H3,(H,22,23). The number of rotatable bonds is 3. The van der Waals surface area contributed by atoms with Crippen LogP contribution in [0.2, 0.25) is 0 Å². The Labute approximate surface area is 148 Å². The minimum atomic E-state index is 0.775. The minimum Gasteiger partial charge on any atom is -0.378 e. The molecule has 0 aliphatic carbocycles. The molecule has 2 heterocycles. The van der Waals surface area contributed by atoms with E-state index in [0.717, 1.165) is 37.7 Å². The highest BCUT2D eigenvalue weighted by atomic mass is 16.5. The number of ether oxygens (including phenoxy) is 1. The first-order valence-electron chi connectivity index (χ1n) is 8.76. The number of morpholine rings is 1. The summed E-state index contributed by atoms with van der Waals surface area (Å²) in [5, 5.41) is 0. The Hall–Kier alpha value is -2.59. The second kappa shape index (κ2) is 6.73. The van der Waals surface area contributed by atoms with E-state index in [1.54, 1.807) is 6.20 Å². The van der Waals surface area contributed by atoms with E-state index in [0.29, 0.717) is 0 Å². The fourth-order valence-electron chi connectivity index (χ4n) is 3.32. The average molecular weight is 333 g/mol. The SMILES string of the molecule is Cc1ccc(-c2ccc(-c3ncc[nH]3)cc2N2CCOCC2)cc1C. The molecule has 1 N–H and O–H groups in total. The van der Waals surface area contributed by atoms with Crippen molar-refractivity contribution in [3.05, 3.63) is 59.9 Å². The molecule has 0 spiro atoms. The molecule has 1 saturated heterocycles. The van der Waals surface area contributed by atoms with E-state index >= 15 is 0 Å². The van der Waals surface area contributed by atoms with Crippen LogP contribution in [0.1, 0.15) is 11.1 Å². The largest absolute Gasteiger partial charge is 0.378 e. The normalized spacial score (nSPS) is 14.7. The third-order valence-electron chi connectivity index (χ3n) is 4.94. The molecule has 1 aliphatic heterocycles. The van der Waals surface area contributed by atoms with Crippen molar-refractivity contribution in [1.29, 1.82) is 0 Å². The second-order valence-corrected chi connectivity index (χ2v) is 6.57. The van der Waals surface area contributed by atoms with Gasteiger partial charge in [0.05, 0.1) is 13.2 Å². The molecular weight excluding hydrogens is 310 g/mol. The summed E-state index contributed by atoms with van der Waals surface area (Å²) < 4.78 is 5.54. The summed E-state index contributed by atoms with van der Waals surface area (Å²) in [6.07, 6.45) is 3.65. The molecule has 128 valence electrons. The third kappa shape index (κ3) is 3.17. The van der Waals surface area contributed by atoms with Gasteiger partial charge in [0, 0.05) is 42.3 Å². The molecule has 0 amide bonds. The summed E-state index contributed by atoms with van der Waals surface area (Å²) >= 11 is 0. The van der Waals surface area contributed by atoms with Crippen LogP contribution in [0, 0.1) is 13.8 Å². The van der Waals surface area contributed by atoms with Crippen LogP contribution in [0.25, 0.3) is 22.5 Å².